The van der Waals surface area contributed by atoms with E-state index < -0.39 is 0 Å². The Hall–Kier alpha value is -0.840. The summed E-state index contributed by atoms with van der Waals surface area (Å²) in [6.07, 6.45) is 1.81. The zero-order valence-electron chi connectivity index (χ0n) is 7.12. The fraction of sp³-hybridized carbons (Fsp3) is 0.100. The SMILES string of the molecule is CC(=O)n1ccc2cc(I)ccc21. The standard InChI is InChI=1S/C10H8INO/c1-7(13)12-5-4-8-6-9(11)2-3-10(8)12/h2-6H,1H3. The van der Waals surface area contributed by atoms with E-state index in [0.717, 1.165) is 10.9 Å². The van der Waals surface area contributed by atoms with Crippen LogP contribution in [0.5, 0.6) is 0 Å². The second kappa shape index (κ2) is 3.14. The number of rotatable bonds is 0. The van der Waals surface area contributed by atoms with Crippen LogP contribution in [0.3, 0.4) is 0 Å². The van der Waals surface area contributed by atoms with Crippen LogP contribution in [0, 0.1) is 3.57 Å². The predicted molar refractivity (Wildman–Crippen MR) is 61.0 cm³/mol. The van der Waals surface area contributed by atoms with E-state index in [-0.39, 0.29) is 5.91 Å². The molecule has 1 heterocycles. The Labute approximate surface area is 89.7 Å². The molecule has 1 aromatic carbocycles. The first-order valence-corrected chi connectivity index (χ1v) is 5.04. The molecule has 2 nitrogen and oxygen atoms in total. The summed E-state index contributed by atoms with van der Waals surface area (Å²) in [5.41, 5.74) is 0.980. The van der Waals surface area contributed by atoms with E-state index in [2.05, 4.69) is 28.7 Å². The highest BCUT2D eigenvalue weighted by Crippen LogP contribution is 2.18. The number of benzene rings is 1. The molecule has 0 N–H and O–H groups in total. The molecule has 0 saturated heterocycles. The summed E-state index contributed by atoms with van der Waals surface area (Å²) in [5.74, 6) is 0.0520. The molecule has 0 aliphatic heterocycles. The number of hydrogen-bond donors (Lipinski definition) is 0. The maximum absolute atomic E-state index is 11.2. The van der Waals surface area contributed by atoms with Gasteiger partial charge in [0.2, 0.25) is 5.91 Å². The molecule has 0 fully saturated rings. The minimum absolute atomic E-state index is 0.0520. The van der Waals surface area contributed by atoms with Gasteiger partial charge in [0.15, 0.2) is 0 Å². The zero-order valence-corrected chi connectivity index (χ0v) is 9.28. The van der Waals surface area contributed by atoms with Gasteiger partial charge in [-0.3, -0.25) is 9.36 Å². The van der Waals surface area contributed by atoms with Crippen molar-refractivity contribution in [1.82, 2.24) is 4.57 Å². The number of nitrogens with zero attached hydrogens (tertiary/aromatic N) is 1. The molecule has 66 valence electrons. The molecule has 0 spiro atoms. The van der Waals surface area contributed by atoms with Gasteiger partial charge in [-0.2, -0.15) is 0 Å². The topological polar surface area (TPSA) is 22.0 Å². The van der Waals surface area contributed by atoms with E-state index >= 15 is 0 Å². The fourth-order valence-corrected chi connectivity index (χ4v) is 1.90. The maximum atomic E-state index is 11.2. The van der Waals surface area contributed by atoms with Crippen molar-refractivity contribution in [1.29, 1.82) is 0 Å². The highest BCUT2D eigenvalue weighted by atomic mass is 127. The van der Waals surface area contributed by atoms with Gasteiger partial charge in [-0.25, -0.2) is 0 Å². The molecule has 0 amide bonds. The lowest BCUT2D eigenvalue weighted by Gasteiger charge is -1.98. The molecule has 0 radical (unpaired) electrons. The summed E-state index contributed by atoms with van der Waals surface area (Å²) in [5, 5.41) is 1.11. The average Bonchev–Trinajstić information content (AvgIpc) is 2.46. The van der Waals surface area contributed by atoms with Crippen LogP contribution in [0.2, 0.25) is 0 Å². The van der Waals surface area contributed by atoms with Gasteiger partial charge in [-0.1, -0.05) is 0 Å². The molecule has 0 saturated carbocycles. The Kier molecular flexibility index (Phi) is 2.11. The zero-order chi connectivity index (χ0) is 9.42. The molecule has 0 atom stereocenters. The molecule has 1 aromatic heterocycles. The Morgan fingerprint density at radius 1 is 1.38 bits per heavy atom. The van der Waals surface area contributed by atoms with Crippen LogP contribution >= 0.6 is 22.6 Å². The van der Waals surface area contributed by atoms with Crippen molar-refractivity contribution in [2.75, 3.05) is 0 Å². The van der Waals surface area contributed by atoms with Crippen molar-refractivity contribution in [3.05, 3.63) is 34.0 Å². The average molecular weight is 285 g/mol. The number of carbonyl (C=O) groups is 1. The highest BCUT2D eigenvalue weighted by molar-refractivity contribution is 14.1. The van der Waals surface area contributed by atoms with Crippen LogP contribution in [0.4, 0.5) is 0 Å². The summed E-state index contributed by atoms with van der Waals surface area (Å²) in [6.45, 7) is 1.57. The molecule has 0 bridgehead atoms. The lowest BCUT2D eigenvalue weighted by molar-refractivity contribution is 0.0941. The van der Waals surface area contributed by atoms with Crippen LogP contribution in [0.1, 0.15) is 11.7 Å². The van der Waals surface area contributed by atoms with E-state index in [0.29, 0.717) is 0 Å². The smallest absolute Gasteiger partial charge is 0.227 e. The molecular formula is C10H8INO. The Bertz CT molecular complexity index is 473. The minimum Gasteiger partial charge on any atom is -0.287 e. The van der Waals surface area contributed by atoms with E-state index in [1.54, 1.807) is 11.5 Å². The third kappa shape index (κ3) is 1.48. The molecule has 0 aliphatic rings. The quantitative estimate of drug-likeness (QED) is 0.682. The predicted octanol–water partition coefficient (Wildman–Crippen LogP) is 2.91. The van der Waals surface area contributed by atoms with Gasteiger partial charge in [0.05, 0.1) is 5.52 Å². The van der Waals surface area contributed by atoms with Crippen LogP contribution in [-0.2, 0) is 0 Å². The lowest BCUT2D eigenvalue weighted by Crippen LogP contribution is -2.02. The summed E-state index contributed by atoms with van der Waals surface area (Å²) in [7, 11) is 0. The lowest BCUT2D eigenvalue weighted by atomic mass is 10.2. The van der Waals surface area contributed by atoms with Gasteiger partial charge in [0.1, 0.15) is 0 Å². The van der Waals surface area contributed by atoms with E-state index in [1.165, 1.54) is 3.57 Å². The minimum atomic E-state index is 0.0520. The molecule has 2 aromatic rings. The van der Waals surface area contributed by atoms with Crippen molar-refractivity contribution in [3.63, 3.8) is 0 Å². The molecule has 3 heteroatoms. The Morgan fingerprint density at radius 3 is 2.85 bits per heavy atom. The van der Waals surface area contributed by atoms with Crippen LogP contribution in [0.25, 0.3) is 10.9 Å². The van der Waals surface area contributed by atoms with E-state index in [9.17, 15) is 4.79 Å². The second-order valence-electron chi connectivity index (χ2n) is 2.91. The summed E-state index contributed by atoms with van der Waals surface area (Å²) < 4.78 is 2.84. The van der Waals surface area contributed by atoms with Gasteiger partial charge in [0, 0.05) is 22.1 Å². The highest BCUT2D eigenvalue weighted by Gasteiger charge is 2.03. The molecule has 0 unspecified atom stereocenters. The van der Waals surface area contributed by atoms with Crippen molar-refractivity contribution < 1.29 is 4.79 Å². The first-order chi connectivity index (χ1) is 6.18. The van der Waals surface area contributed by atoms with Crippen molar-refractivity contribution in [2.45, 2.75) is 6.92 Å². The van der Waals surface area contributed by atoms with E-state index in [1.807, 2.05) is 24.4 Å². The first-order valence-electron chi connectivity index (χ1n) is 3.96. The first kappa shape index (κ1) is 8.74. The van der Waals surface area contributed by atoms with Gasteiger partial charge in [-0.15, -0.1) is 0 Å². The maximum Gasteiger partial charge on any atom is 0.227 e. The van der Waals surface area contributed by atoms with Crippen molar-refractivity contribution in [3.8, 4) is 0 Å². The number of hydrogen-bond acceptors (Lipinski definition) is 1. The van der Waals surface area contributed by atoms with E-state index in [4.69, 9.17) is 0 Å². The molecule has 2 rings (SSSR count). The normalized spacial score (nSPS) is 10.6. The van der Waals surface area contributed by atoms with Crippen LogP contribution in [0.15, 0.2) is 30.5 Å². The third-order valence-electron chi connectivity index (χ3n) is 1.99. The van der Waals surface area contributed by atoms with Crippen LogP contribution in [-0.4, -0.2) is 10.5 Å². The van der Waals surface area contributed by atoms with Gasteiger partial charge < -0.3 is 0 Å². The summed E-state index contributed by atoms with van der Waals surface area (Å²) in [6, 6.07) is 8.00. The van der Waals surface area contributed by atoms with Crippen LogP contribution < -0.4 is 0 Å². The fourth-order valence-electron chi connectivity index (χ4n) is 1.39. The van der Waals surface area contributed by atoms with Crippen molar-refractivity contribution >= 4 is 39.4 Å². The number of fused-ring (bicyclic) bond motifs is 1. The third-order valence-corrected chi connectivity index (χ3v) is 2.66. The number of carbonyl (C=O) groups excluding carboxylic acids is 1. The Balaban J connectivity index is 2.76. The molecular weight excluding hydrogens is 277 g/mol. The summed E-state index contributed by atoms with van der Waals surface area (Å²) >= 11 is 2.26. The second-order valence-corrected chi connectivity index (χ2v) is 4.15. The monoisotopic (exact) mass is 285 g/mol. The van der Waals surface area contributed by atoms with Gasteiger partial charge >= 0.3 is 0 Å². The Morgan fingerprint density at radius 2 is 2.15 bits per heavy atom. The summed E-state index contributed by atoms with van der Waals surface area (Å²) in [4.78, 5) is 11.2. The molecule has 0 aliphatic carbocycles. The van der Waals surface area contributed by atoms with Gasteiger partial charge in [-0.05, 0) is 46.9 Å². The largest absolute Gasteiger partial charge is 0.287 e. The number of halogens is 1. The number of aromatic nitrogens is 1. The molecule has 13 heavy (non-hydrogen) atoms. The van der Waals surface area contributed by atoms with Crippen molar-refractivity contribution in [2.24, 2.45) is 0 Å². The van der Waals surface area contributed by atoms with Gasteiger partial charge in [0.25, 0.3) is 0 Å².